The van der Waals surface area contributed by atoms with Gasteiger partial charge in [0, 0.05) is 16.9 Å². The van der Waals surface area contributed by atoms with Gasteiger partial charge in [0.05, 0.1) is 19.0 Å². The molecule has 2 heterocycles. The molecule has 1 aliphatic carbocycles. The highest BCUT2D eigenvalue weighted by Gasteiger charge is 2.48. The van der Waals surface area contributed by atoms with Gasteiger partial charge in [-0.25, -0.2) is 9.97 Å². The van der Waals surface area contributed by atoms with Gasteiger partial charge in [0.2, 0.25) is 0 Å². The van der Waals surface area contributed by atoms with Gasteiger partial charge in [0.25, 0.3) is 0 Å². The van der Waals surface area contributed by atoms with E-state index >= 15 is 0 Å². The maximum absolute atomic E-state index is 12.8. The first kappa shape index (κ1) is 19.3. The number of Topliss-reactive ketones (excluding diaryl/α,β-unsaturated/α-hetero) is 1. The van der Waals surface area contributed by atoms with E-state index in [-0.39, 0.29) is 17.1 Å². The number of rotatable bonds is 6. The number of imidazole rings is 1. The van der Waals surface area contributed by atoms with Crippen LogP contribution < -0.4 is 4.74 Å². The molecule has 1 aliphatic rings. The van der Waals surface area contributed by atoms with Gasteiger partial charge in [-0.1, -0.05) is 43.3 Å². The molecule has 1 saturated carbocycles. The van der Waals surface area contributed by atoms with E-state index in [0.717, 1.165) is 46.8 Å². The molecule has 0 radical (unpaired) electrons. The van der Waals surface area contributed by atoms with Crippen LogP contribution in [-0.2, 0) is 5.41 Å². The lowest BCUT2D eigenvalue weighted by molar-refractivity contribution is 0.0675. The van der Waals surface area contributed by atoms with Crippen molar-refractivity contribution in [2.75, 3.05) is 7.11 Å². The lowest BCUT2D eigenvalue weighted by atomic mass is 9.56. The second-order valence-corrected chi connectivity index (χ2v) is 8.20. The van der Waals surface area contributed by atoms with Crippen LogP contribution in [0.2, 0.25) is 0 Å². The Labute approximate surface area is 180 Å². The number of nitrogens with one attached hydrogen (secondary N) is 1. The van der Waals surface area contributed by atoms with Crippen LogP contribution in [0.4, 0.5) is 0 Å². The predicted molar refractivity (Wildman–Crippen MR) is 117 cm³/mol. The highest BCUT2D eigenvalue weighted by Crippen LogP contribution is 2.50. The Hall–Kier alpha value is -3.67. The number of carbonyl (C=O) groups is 1. The van der Waals surface area contributed by atoms with Crippen LogP contribution in [-0.4, -0.2) is 27.8 Å². The van der Waals surface area contributed by atoms with E-state index in [1.165, 1.54) is 12.7 Å². The lowest BCUT2D eigenvalue weighted by Crippen LogP contribution is -2.46. The quantitative estimate of drug-likeness (QED) is 0.434. The van der Waals surface area contributed by atoms with Gasteiger partial charge in [0.15, 0.2) is 12.2 Å². The summed E-state index contributed by atoms with van der Waals surface area (Å²) in [5.41, 5.74) is 4.35. The summed E-state index contributed by atoms with van der Waals surface area (Å²) >= 11 is 0. The number of oxazole rings is 1. The molecule has 2 unspecified atom stereocenters. The van der Waals surface area contributed by atoms with E-state index in [0.29, 0.717) is 5.69 Å². The molecule has 1 N–H and O–H groups in total. The minimum Gasteiger partial charge on any atom is -0.497 e. The minimum absolute atomic E-state index is 0.0584. The van der Waals surface area contributed by atoms with Gasteiger partial charge in [-0.3, -0.25) is 4.79 Å². The summed E-state index contributed by atoms with van der Waals surface area (Å²) in [5.74, 6) is 1.57. The number of benzene rings is 2. The molecule has 6 nitrogen and oxygen atoms in total. The van der Waals surface area contributed by atoms with Crippen molar-refractivity contribution in [1.82, 2.24) is 15.0 Å². The molecular formula is C25H23N3O3. The standard InChI is InChI=1S/C25H23N3O3/c1-25(11-10-20(25)23(29)22-14-31-15-27-22)18-8-6-16(7-9-18)21-13-26-24(28-21)17-4-3-5-19(12-17)30-2/h3-9,12-15,20H,10-11H2,1-2H3,(H,26,28). The zero-order chi connectivity index (χ0) is 21.4. The van der Waals surface area contributed by atoms with Crippen LogP contribution in [0.1, 0.15) is 35.8 Å². The third kappa shape index (κ3) is 3.34. The van der Waals surface area contributed by atoms with E-state index in [9.17, 15) is 4.79 Å². The number of methoxy groups -OCH3 is 1. The van der Waals surface area contributed by atoms with Gasteiger partial charge in [0.1, 0.15) is 23.5 Å². The van der Waals surface area contributed by atoms with Crippen LogP contribution in [0.3, 0.4) is 0 Å². The van der Waals surface area contributed by atoms with Crippen molar-refractivity contribution in [2.24, 2.45) is 5.92 Å². The molecule has 4 aromatic rings. The summed E-state index contributed by atoms with van der Waals surface area (Å²) in [5, 5.41) is 0. The Morgan fingerprint density at radius 1 is 1.16 bits per heavy atom. The summed E-state index contributed by atoms with van der Waals surface area (Å²) in [4.78, 5) is 24.8. The first-order valence-corrected chi connectivity index (χ1v) is 10.3. The monoisotopic (exact) mass is 413 g/mol. The van der Waals surface area contributed by atoms with Gasteiger partial charge in [-0.05, 0) is 36.1 Å². The number of ether oxygens (including phenoxy) is 1. The van der Waals surface area contributed by atoms with Crippen molar-refractivity contribution in [3.63, 3.8) is 0 Å². The zero-order valence-corrected chi connectivity index (χ0v) is 17.5. The largest absolute Gasteiger partial charge is 0.497 e. The molecule has 156 valence electrons. The Balaban J connectivity index is 1.37. The van der Waals surface area contributed by atoms with Crippen molar-refractivity contribution in [3.8, 4) is 28.4 Å². The molecular weight excluding hydrogens is 390 g/mol. The third-order valence-corrected chi connectivity index (χ3v) is 6.50. The average Bonchev–Trinajstić information content (AvgIpc) is 3.50. The normalized spacial score (nSPS) is 20.3. The number of aromatic amines is 1. The molecule has 0 aliphatic heterocycles. The highest BCUT2D eigenvalue weighted by molar-refractivity contribution is 5.97. The summed E-state index contributed by atoms with van der Waals surface area (Å²) in [6, 6.07) is 16.2. The number of hydrogen-bond acceptors (Lipinski definition) is 5. The molecule has 1 fully saturated rings. The Morgan fingerprint density at radius 2 is 2.00 bits per heavy atom. The van der Waals surface area contributed by atoms with Crippen LogP contribution in [0.5, 0.6) is 5.75 Å². The number of nitrogens with zero attached hydrogens (tertiary/aromatic N) is 2. The van der Waals surface area contributed by atoms with Crippen molar-refractivity contribution >= 4 is 5.78 Å². The topological polar surface area (TPSA) is 81.0 Å². The lowest BCUT2D eigenvalue weighted by Gasteiger charge is -2.46. The van der Waals surface area contributed by atoms with Gasteiger partial charge in [-0.15, -0.1) is 0 Å². The highest BCUT2D eigenvalue weighted by atomic mass is 16.5. The number of aromatic nitrogens is 3. The number of ketones is 1. The fourth-order valence-corrected chi connectivity index (χ4v) is 4.42. The second kappa shape index (κ2) is 7.54. The number of H-pyrrole nitrogens is 1. The van der Waals surface area contributed by atoms with Crippen molar-refractivity contribution in [3.05, 3.63) is 78.6 Å². The Bertz CT molecular complexity index is 1210. The third-order valence-electron chi connectivity index (χ3n) is 6.50. The van der Waals surface area contributed by atoms with Gasteiger partial charge < -0.3 is 14.1 Å². The Kier molecular flexibility index (Phi) is 4.70. The molecule has 0 amide bonds. The van der Waals surface area contributed by atoms with Crippen molar-refractivity contribution < 1.29 is 13.9 Å². The number of carbonyl (C=O) groups excluding carboxylic acids is 1. The fourth-order valence-electron chi connectivity index (χ4n) is 4.42. The van der Waals surface area contributed by atoms with Crippen LogP contribution in [0, 0.1) is 5.92 Å². The molecule has 0 spiro atoms. The fraction of sp³-hybridized carbons (Fsp3) is 0.240. The second-order valence-electron chi connectivity index (χ2n) is 8.20. The van der Waals surface area contributed by atoms with E-state index in [2.05, 4.69) is 46.1 Å². The zero-order valence-electron chi connectivity index (χ0n) is 17.5. The summed E-state index contributed by atoms with van der Waals surface area (Å²) in [6.45, 7) is 2.16. The van der Waals surface area contributed by atoms with Crippen molar-refractivity contribution in [1.29, 1.82) is 0 Å². The SMILES string of the molecule is COc1cccc(-c2ncc(-c3ccc(C4(C)CCC4C(=O)c4cocn4)cc3)[nH]2)c1. The summed E-state index contributed by atoms with van der Waals surface area (Å²) in [6.07, 6.45) is 6.43. The number of hydrogen-bond donors (Lipinski definition) is 1. The van der Waals surface area contributed by atoms with E-state index in [1.54, 1.807) is 7.11 Å². The molecule has 0 saturated heterocycles. The summed E-state index contributed by atoms with van der Waals surface area (Å²) in [7, 11) is 1.65. The van der Waals surface area contributed by atoms with Gasteiger partial charge in [-0.2, -0.15) is 0 Å². The molecule has 2 aromatic carbocycles. The molecule has 5 rings (SSSR count). The first-order chi connectivity index (χ1) is 15.1. The maximum Gasteiger partial charge on any atom is 0.188 e. The predicted octanol–water partition coefficient (Wildman–Crippen LogP) is 5.29. The van der Waals surface area contributed by atoms with E-state index < -0.39 is 0 Å². The first-order valence-electron chi connectivity index (χ1n) is 10.3. The molecule has 2 aromatic heterocycles. The smallest absolute Gasteiger partial charge is 0.188 e. The van der Waals surface area contributed by atoms with E-state index in [1.807, 2.05) is 30.5 Å². The van der Waals surface area contributed by atoms with E-state index in [4.69, 9.17) is 9.15 Å². The van der Waals surface area contributed by atoms with Gasteiger partial charge >= 0.3 is 0 Å². The maximum atomic E-state index is 12.8. The minimum atomic E-state index is -0.186. The average molecular weight is 413 g/mol. The molecule has 6 heteroatoms. The van der Waals surface area contributed by atoms with Crippen molar-refractivity contribution in [2.45, 2.75) is 25.2 Å². The Morgan fingerprint density at radius 3 is 2.68 bits per heavy atom. The van der Waals surface area contributed by atoms with Crippen LogP contribution >= 0.6 is 0 Å². The van der Waals surface area contributed by atoms with Crippen LogP contribution in [0.25, 0.3) is 22.6 Å². The molecule has 2 atom stereocenters. The van der Waals surface area contributed by atoms with Crippen LogP contribution in [0.15, 0.2) is 71.8 Å². The summed E-state index contributed by atoms with van der Waals surface area (Å²) < 4.78 is 10.3. The molecule has 0 bridgehead atoms. The molecule has 31 heavy (non-hydrogen) atoms.